The zero-order chi connectivity index (χ0) is 30.3. The average molecular weight is 618 g/mol. The van der Waals surface area contributed by atoms with E-state index in [-0.39, 0.29) is 0 Å². The Labute approximate surface area is 207 Å². The van der Waals surface area contributed by atoms with Gasteiger partial charge in [-0.2, -0.15) is 57.1 Å². The lowest BCUT2D eigenvalue weighted by molar-refractivity contribution is -0.440. The highest BCUT2D eigenvalue weighted by molar-refractivity contribution is 5.08. The highest BCUT2D eigenvalue weighted by Crippen LogP contribution is 2.58. The minimum Gasteiger partial charge on any atom is -0.377 e. The maximum absolute atomic E-state index is 14.5. The smallest absolute Gasteiger partial charge is 0.377 e. The van der Waals surface area contributed by atoms with Crippen molar-refractivity contribution in [1.29, 1.82) is 0 Å². The third-order valence-electron chi connectivity index (χ3n) is 5.73. The summed E-state index contributed by atoms with van der Waals surface area (Å²) >= 11 is 0. The van der Waals surface area contributed by atoms with Crippen LogP contribution in [0.1, 0.15) is 25.7 Å². The normalized spacial score (nSPS) is 29.8. The van der Waals surface area contributed by atoms with Gasteiger partial charge in [-0.05, 0) is 6.42 Å². The van der Waals surface area contributed by atoms with Gasteiger partial charge in [0.1, 0.15) is 6.10 Å². The van der Waals surface area contributed by atoms with Crippen molar-refractivity contribution in [1.82, 2.24) is 0 Å². The summed E-state index contributed by atoms with van der Waals surface area (Å²) in [7, 11) is 0. The Kier molecular flexibility index (Phi) is 9.40. The van der Waals surface area contributed by atoms with Crippen molar-refractivity contribution in [2.45, 2.75) is 86.0 Å². The van der Waals surface area contributed by atoms with E-state index in [1.54, 1.807) is 0 Å². The van der Waals surface area contributed by atoms with E-state index >= 15 is 0 Å². The van der Waals surface area contributed by atoms with Gasteiger partial charge in [-0.25, -0.2) is 13.2 Å². The molecule has 0 aliphatic carbocycles. The van der Waals surface area contributed by atoms with Crippen molar-refractivity contribution in [2.75, 3.05) is 26.4 Å². The minimum absolute atomic E-state index is 0.874. The molecule has 2 aliphatic rings. The summed E-state index contributed by atoms with van der Waals surface area (Å²) in [5.74, 6) is -4.20. The summed E-state index contributed by atoms with van der Waals surface area (Å²) in [5.41, 5.74) is -12.1. The van der Waals surface area contributed by atoms with Crippen LogP contribution in [0.2, 0.25) is 0 Å². The van der Waals surface area contributed by atoms with Gasteiger partial charge in [-0.3, -0.25) is 0 Å². The molecule has 21 heteroatoms. The number of hydrogen-bond donors (Lipinski definition) is 0. The Morgan fingerprint density at radius 3 is 1.51 bits per heavy atom. The topological polar surface area (TPSA) is 46.2 Å². The van der Waals surface area contributed by atoms with Crippen LogP contribution in [-0.4, -0.2) is 86.8 Å². The number of halogens is 16. The molecule has 2 heterocycles. The van der Waals surface area contributed by atoms with Gasteiger partial charge in [0.15, 0.2) is 0 Å². The summed E-state index contributed by atoms with van der Waals surface area (Å²) in [4.78, 5) is 0. The second-order valence-electron chi connectivity index (χ2n) is 8.30. The molecule has 0 amide bonds. The molecular weight excluding hydrogens is 600 g/mol. The molecule has 0 saturated carbocycles. The van der Waals surface area contributed by atoms with Gasteiger partial charge in [0.05, 0.1) is 26.4 Å². The van der Waals surface area contributed by atoms with Crippen molar-refractivity contribution < 1.29 is 93.9 Å². The predicted octanol–water partition coefficient (Wildman–Crippen LogP) is 6.31. The number of alkyl halides is 16. The molecule has 2 saturated heterocycles. The molecule has 0 aromatic carbocycles. The Morgan fingerprint density at radius 2 is 1.10 bits per heavy atom. The van der Waals surface area contributed by atoms with Crippen molar-refractivity contribution >= 4 is 0 Å². The Balaban J connectivity index is 1.92. The molecule has 2 aliphatic heterocycles. The largest absolute Gasteiger partial charge is 0.437 e. The van der Waals surface area contributed by atoms with Crippen LogP contribution in [0.4, 0.5) is 70.2 Å². The Hall–Kier alpha value is -1.32. The average Bonchev–Trinajstić information content (AvgIpc) is 3.32. The third-order valence-corrected chi connectivity index (χ3v) is 5.73. The summed E-state index contributed by atoms with van der Waals surface area (Å²) in [5, 5.41) is 0. The Morgan fingerprint density at radius 1 is 0.615 bits per heavy atom. The molecule has 2 fully saturated rings. The van der Waals surface area contributed by atoms with Gasteiger partial charge in [-0.1, -0.05) is 0 Å². The molecular formula is C18H18F16O5. The van der Waals surface area contributed by atoms with E-state index in [1.807, 2.05) is 0 Å². The van der Waals surface area contributed by atoms with Crippen molar-refractivity contribution in [3.63, 3.8) is 0 Å². The molecule has 0 N–H and O–H groups in total. The van der Waals surface area contributed by atoms with Crippen LogP contribution in [0.25, 0.3) is 0 Å². The lowest BCUT2D eigenvalue weighted by Crippen LogP contribution is -2.69. The van der Waals surface area contributed by atoms with E-state index in [2.05, 4.69) is 23.7 Å². The second kappa shape index (κ2) is 10.8. The van der Waals surface area contributed by atoms with Gasteiger partial charge in [-0.15, -0.1) is 0 Å². The predicted molar refractivity (Wildman–Crippen MR) is 90.5 cm³/mol. The van der Waals surface area contributed by atoms with Crippen molar-refractivity contribution in [3.05, 3.63) is 0 Å². The molecule has 0 bridgehead atoms. The summed E-state index contributed by atoms with van der Waals surface area (Å²) in [6, 6.07) is -3.65. The third kappa shape index (κ3) is 6.30. The van der Waals surface area contributed by atoms with Crippen LogP contribution in [0.15, 0.2) is 0 Å². The van der Waals surface area contributed by atoms with Gasteiger partial charge in [0, 0.05) is 19.3 Å². The molecule has 4 atom stereocenters. The van der Waals surface area contributed by atoms with Crippen molar-refractivity contribution in [3.8, 4) is 0 Å². The SMILES string of the molecule is FC1CCC(OCCOCCOC2(F)CCC(C(F)(C(F)(F)F)C(F)(F)F)O2)(C(F)(C(F)(F)F)C(F)(F)F)O1. The Bertz CT molecular complexity index is 798. The van der Waals surface area contributed by atoms with Crippen LogP contribution in [0, 0.1) is 0 Å². The minimum atomic E-state index is -6.67. The molecule has 0 aromatic rings. The maximum atomic E-state index is 14.5. The maximum Gasteiger partial charge on any atom is 0.437 e. The van der Waals surface area contributed by atoms with E-state index < -0.39 is 112 Å². The standard InChI is InChI=1S/C18H18F16O5/c19-10-2-3-11(39-10,14(22,17(29,30)31)18(32,33)34)36-7-5-35-6-8-37-12(20)4-1-9(38-12)13(21,15(23,24)25)16(26,27)28/h9-10H,1-8H2. The lowest BCUT2D eigenvalue weighted by atomic mass is 9.90. The van der Waals surface area contributed by atoms with Crippen LogP contribution < -0.4 is 0 Å². The molecule has 232 valence electrons. The number of hydrogen-bond acceptors (Lipinski definition) is 5. The molecule has 0 spiro atoms. The first-order chi connectivity index (χ1) is 17.4. The van der Waals surface area contributed by atoms with Crippen LogP contribution in [0.3, 0.4) is 0 Å². The first-order valence-electron chi connectivity index (χ1n) is 10.6. The lowest BCUT2D eigenvalue weighted by Gasteiger charge is -2.42. The zero-order valence-electron chi connectivity index (χ0n) is 18.9. The van der Waals surface area contributed by atoms with Crippen LogP contribution in [0.5, 0.6) is 0 Å². The first kappa shape index (κ1) is 33.9. The van der Waals surface area contributed by atoms with E-state index in [1.165, 1.54) is 0 Å². The van der Waals surface area contributed by atoms with Gasteiger partial charge in [0.25, 0.3) is 0 Å². The van der Waals surface area contributed by atoms with E-state index in [0.717, 1.165) is 0 Å². The molecule has 0 radical (unpaired) electrons. The van der Waals surface area contributed by atoms with Crippen LogP contribution in [-0.2, 0) is 23.7 Å². The van der Waals surface area contributed by atoms with Gasteiger partial charge < -0.3 is 23.7 Å². The highest BCUT2D eigenvalue weighted by Gasteiger charge is 2.84. The van der Waals surface area contributed by atoms with Crippen molar-refractivity contribution in [2.24, 2.45) is 0 Å². The summed E-state index contributed by atoms with van der Waals surface area (Å²) in [6.45, 7) is -4.21. The molecule has 2 rings (SSSR count). The quantitative estimate of drug-likeness (QED) is 0.212. The van der Waals surface area contributed by atoms with E-state index in [9.17, 15) is 70.2 Å². The van der Waals surface area contributed by atoms with Crippen LogP contribution >= 0.6 is 0 Å². The summed E-state index contributed by atoms with van der Waals surface area (Å²) < 4.78 is 232. The zero-order valence-corrected chi connectivity index (χ0v) is 18.9. The van der Waals surface area contributed by atoms with E-state index in [4.69, 9.17) is 0 Å². The van der Waals surface area contributed by atoms with Gasteiger partial charge >= 0.3 is 42.1 Å². The molecule has 0 aromatic heterocycles. The fourth-order valence-electron chi connectivity index (χ4n) is 3.85. The first-order valence-corrected chi connectivity index (χ1v) is 10.6. The number of rotatable bonds is 10. The van der Waals surface area contributed by atoms with E-state index in [0.29, 0.717) is 0 Å². The number of ether oxygens (including phenoxy) is 5. The summed E-state index contributed by atoms with van der Waals surface area (Å²) in [6.07, 6.45) is -37.9. The van der Waals surface area contributed by atoms with Gasteiger partial charge in [0.2, 0.25) is 12.1 Å². The fraction of sp³-hybridized carbons (Fsp3) is 1.00. The monoisotopic (exact) mass is 618 g/mol. The fourth-order valence-corrected chi connectivity index (χ4v) is 3.85. The molecule has 39 heavy (non-hydrogen) atoms. The second-order valence-corrected chi connectivity index (χ2v) is 8.30. The molecule has 5 nitrogen and oxygen atoms in total. The highest BCUT2D eigenvalue weighted by atomic mass is 19.4. The molecule has 4 unspecified atom stereocenters.